The summed E-state index contributed by atoms with van der Waals surface area (Å²) >= 11 is 0. The standard InChI is InChI=1S/C12H16N2O4/c1-9(2)13(3)12(15)18-8-10-4-6-11(7-5-10)14(16)17/h4-7,9H,8H2,1-3H3. The van der Waals surface area contributed by atoms with E-state index in [1.165, 1.54) is 17.0 Å². The molecule has 0 fully saturated rings. The number of nitro groups is 1. The van der Waals surface area contributed by atoms with Crippen LogP contribution in [0.5, 0.6) is 0 Å². The zero-order valence-electron chi connectivity index (χ0n) is 10.6. The van der Waals surface area contributed by atoms with Gasteiger partial charge in [-0.1, -0.05) is 0 Å². The lowest BCUT2D eigenvalue weighted by molar-refractivity contribution is -0.384. The van der Waals surface area contributed by atoms with Gasteiger partial charge in [-0.05, 0) is 31.5 Å². The maximum Gasteiger partial charge on any atom is 0.410 e. The van der Waals surface area contributed by atoms with Gasteiger partial charge in [0.05, 0.1) is 4.92 Å². The highest BCUT2D eigenvalue weighted by Crippen LogP contribution is 2.13. The van der Waals surface area contributed by atoms with Gasteiger partial charge in [-0.3, -0.25) is 10.1 Å². The first-order chi connectivity index (χ1) is 8.41. The van der Waals surface area contributed by atoms with E-state index in [-0.39, 0.29) is 18.3 Å². The Labute approximate surface area is 105 Å². The maximum absolute atomic E-state index is 11.5. The Bertz CT molecular complexity index is 428. The molecule has 0 atom stereocenters. The van der Waals surface area contributed by atoms with Gasteiger partial charge in [0.15, 0.2) is 0 Å². The van der Waals surface area contributed by atoms with E-state index in [4.69, 9.17) is 4.74 Å². The number of benzene rings is 1. The third-order valence-electron chi connectivity index (χ3n) is 2.57. The molecule has 0 aliphatic rings. The average molecular weight is 252 g/mol. The molecule has 0 N–H and O–H groups in total. The molecule has 0 spiro atoms. The smallest absolute Gasteiger partial charge is 0.410 e. The van der Waals surface area contributed by atoms with Crippen molar-refractivity contribution < 1.29 is 14.5 Å². The van der Waals surface area contributed by atoms with Crippen LogP contribution >= 0.6 is 0 Å². The summed E-state index contributed by atoms with van der Waals surface area (Å²) in [5, 5.41) is 10.5. The SMILES string of the molecule is CC(C)N(C)C(=O)OCc1ccc([N+](=O)[O-])cc1. The van der Waals surface area contributed by atoms with E-state index in [2.05, 4.69) is 0 Å². The highest BCUT2D eigenvalue weighted by molar-refractivity contribution is 5.67. The fourth-order valence-electron chi connectivity index (χ4n) is 1.17. The van der Waals surface area contributed by atoms with Crippen LogP contribution in [0.3, 0.4) is 0 Å². The van der Waals surface area contributed by atoms with E-state index in [1.54, 1.807) is 19.2 Å². The Morgan fingerprint density at radius 1 is 1.39 bits per heavy atom. The number of amides is 1. The van der Waals surface area contributed by atoms with Crippen molar-refractivity contribution in [3.05, 3.63) is 39.9 Å². The van der Waals surface area contributed by atoms with E-state index >= 15 is 0 Å². The lowest BCUT2D eigenvalue weighted by atomic mass is 10.2. The molecule has 0 heterocycles. The summed E-state index contributed by atoms with van der Waals surface area (Å²) in [4.78, 5) is 23.0. The predicted octanol–water partition coefficient (Wildman–Crippen LogP) is 2.57. The first-order valence-corrected chi connectivity index (χ1v) is 5.54. The first-order valence-electron chi connectivity index (χ1n) is 5.54. The molecule has 0 unspecified atom stereocenters. The van der Waals surface area contributed by atoms with Crippen molar-refractivity contribution in [2.45, 2.75) is 26.5 Å². The van der Waals surface area contributed by atoms with Crippen molar-refractivity contribution in [3.63, 3.8) is 0 Å². The molecule has 1 rings (SSSR count). The number of hydrogen-bond acceptors (Lipinski definition) is 4. The summed E-state index contributed by atoms with van der Waals surface area (Å²) in [6.07, 6.45) is -0.414. The molecule has 6 heteroatoms. The topological polar surface area (TPSA) is 72.7 Å². The van der Waals surface area contributed by atoms with Gasteiger partial charge in [-0.2, -0.15) is 0 Å². The van der Waals surface area contributed by atoms with Crippen LogP contribution in [0.25, 0.3) is 0 Å². The molecule has 0 saturated carbocycles. The van der Waals surface area contributed by atoms with Crippen LogP contribution in [0.15, 0.2) is 24.3 Å². The predicted molar refractivity (Wildman–Crippen MR) is 66.2 cm³/mol. The van der Waals surface area contributed by atoms with E-state index in [0.29, 0.717) is 5.56 Å². The number of ether oxygens (including phenoxy) is 1. The molecule has 6 nitrogen and oxygen atoms in total. The lowest BCUT2D eigenvalue weighted by Gasteiger charge is -2.20. The van der Waals surface area contributed by atoms with Crippen molar-refractivity contribution in [1.82, 2.24) is 4.90 Å². The summed E-state index contributed by atoms with van der Waals surface area (Å²) in [5.74, 6) is 0. The van der Waals surface area contributed by atoms with Crippen LogP contribution < -0.4 is 0 Å². The van der Waals surface area contributed by atoms with Crippen molar-refractivity contribution in [2.24, 2.45) is 0 Å². The highest BCUT2D eigenvalue weighted by Gasteiger charge is 2.13. The fourth-order valence-corrected chi connectivity index (χ4v) is 1.17. The molecule has 98 valence electrons. The van der Waals surface area contributed by atoms with Gasteiger partial charge < -0.3 is 9.64 Å². The van der Waals surface area contributed by atoms with Gasteiger partial charge in [-0.15, -0.1) is 0 Å². The third kappa shape index (κ3) is 3.73. The van der Waals surface area contributed by atoms with E-state index in [1.807, 2.05) is 13.8 Å². The van der Waals surface area contributed by atoms with E-state index in [0.717, 1.165) is 0 Å². The van der Waals surface area contributed by atoms with Crippen molar-refractivity contribution in [3.8, 4) is 0 Å². The normalized spacial score (nSPS) is 10.2. The number of carbonyl (C=O) groups is 1. The third-order valence-corrected chi connectivity index (χ3v) is 2.57. The summed E-state index contributed by atoms with van der Waals surface area (Å²) in [6.45, 7) is 3.87. The maximum atomic E-state index is 11.5. The fraction of sp³-hybridized carbons (Fsp3) is 0.417. The van der Waals surface area contributed by atoms with Crippen LogP contribution in [0.1, 0.15) is 19.4 Å². The van der Waals surface area contributed by atoms with Crippen LogP contribution in [0.2, 0.25) is 0 Å². The zero-order valence-corrected chi connectivity index (χ0v) is 10.6. The van der Waals surface area contributed by atoms with Gasteiger partial charge in [0.25, 0.3) is 5.69 Å². The molecule has 1 amide bonds. The Balaban J connectivity index is 2.54. The second kappa shape index (κ2) is 6.00. The van der Waals surface area contributed by atoms with E-state index < -0.39 is 11.0 Å². The lowest BCUT2D eigenvalue weighted by Crippen LogP contribution is -2.33. The quantitative estimate of drug-likeness (QED) is 0.609. The molecule has 0 radical (unpaired) electrons. The number of nitro benzene ring substituents is 1. The molecule has 18 heavy (non-hydrogen) atoms. The number of rotatable bonds is 4. The van der Waals surface area contributed by atoms with Crippen LogP contribution in [-0.2, 0) is 11.3 Å². The van der Waals surface area contributed by atoms with Gasteiger partial charge in [0.1, 0.15) is 6.61 Å². The van der Waals surface area contributed by atoms with Crippen molar-refractivity contribution >= 4 is 11.8 Å². The molecular weight excluding hydrogens is 236 g/mol. The number of nitrogens with zero attached hydrogens (tertiary/aromatic N) is 2. The molecule has 0 saturated heterocycles. The van der Waals surface area contributed by atoms with Gasteiger partial charge in [0.2, 0.25) is 0 Å². The first kappa shape index (κ1) is 14.0. The Kier molecular flexibility index (Phi) is 4.65. The molecule has 0 bridgehead atoms. The minimum absolute atomic E-state index is 0.0179. The second-order valence-electron chi connectivity index (χ2n) is 4.18. The van der Waals surface area contributed by atoms with Crippen LogP contribution in [0, 0.1) is 10.1 Å². The molecule has 0 aliphatic heterocycles. The van der Waals surface area contributed by atoms with E-state index in [9.17, 15) is 14.9 Å². The largest absolute Gasteiger partial charge is 0.445 e. The summed E-state index contributed by atoms with van der Waals surface area (Å²) in [7, 11) is 1.66. The number of carbonyl (C=O) groups excluding carboxylic acids is 1. The summed E-state index contributed by atoms with van der Waals surface area (Å²) in [6, 6.07) is 5.97. The minimum Gasteiger partial charge on any atom is -0.445 e. The molecule has 0 aliphatic carbocycles. The van der Waals surface area contributed by atoms with Crippen LogP contribution in [-0.4, -0.2) is 29.0 Å². The Morgan fingerprint density at radius 2 is 1.94 bits per heavy atom. The summed E-state index contributed by atoms with van der Waals surface area (Å²) in [5.41, 5.74) is 0.732. The van der Waals surface area contributed by atoms with Crippen molar-refractivity contribution in [1.29, 1.82) is 0 Å². The van der Waals surface area contributed by atoms with Gasteiger partial charge in [0, 0.05) is 25.2 Å². The average Bonchev–Trinajstić information content (AvgIpc) is 2.35. The van der Waals surface area contributed by atoms with Crippen molar-refractivity contribution in [2.75, 3.05) is 7.05 Å². The Morgan fingerprint density at radius 3 is 2.39 bits per heavy atom. The number of non-ortho nitro benzene ring substituents is 1. The van der Waals surface area contributed by atoms with Gasteiger partial charge in [-0.25, -0.2) is 4.79 Å². The number of hydrogen-bond donors (Lipinski definition) is 0. The summed E-state index contributed by atoms with van der Waals surface area (Å²) < 4.78 is 5.07. The molecular formula is C12H16N2O4. The monoisotopic (exact) mass is 252 g/mol. The second-order valence-corrected chi connectivity index (χ2v) is 4.18. The molecule has 0 aromatic heterocycles. The zero-order chi connectivity index (χ0) is 13.7. The Hall–Kier alpha value is -2.11. The highest BCUT2D eigenvalue weighted by atomic mass is 16.6. The molecule has 1 aromatic carbocycles. The van der Waals surface area contributed by atoms with Crippen LogP contribution in [0.4, 0.5) is 10.5 Å². The molecule has 1 aromatic rings. The minimum atomic E-state index is -0.470. The van der Waals surface area contributed by atoms with Gasteiger partial charge >= 0.3 is 6.09 Å².